The number of hydrogen-bond acceptors (Lipinski definition) is 4. The van der Waals surface area contributed by atoms with Crippen molar-refractivity contribution in [2.24, 2.45) is 5.92 Å². The summed E-state index contributed by atoms with van der Waals surface area (Å²) in [5.41, 5.74) is 0. The third-order valence-corrected chi connectivity index (χ3v) is 4.83. The minimum atomic E-state index is 0.443. The van der Waals surface area contributed by atoms with Gasteiger partial charge in [-0.2, -0.15) is 0 Å². The monoisotopic (exact) mass is 314 g/mol. The third-order valence-electron chi connectivity index (χ3n) is 4.25. The lowest BCUT2D eigenvalue weighted by atomic mass is 9.84. The standard InChI is InChI=1S/C14H20Cl2N4/c1-2-17-13-10(15)7-11(16)14(19-13)18-12-8-20-5-3-9(12)4-6-20/h7,9,12H,2-6,8H2,1H3,(H2,17,18,19). The molecule has 2 N–H and O–H groups in total. The molecule has 110 valence electrons. The Hall–Kier alpha value is -0.710. The molecule has 0 radical (unpaired) electrons. The lowest BCUT2D eigenvalue weighted by molar-refractivity contribution is 0.0974. The van der Waals surface area contributed by atoms with Crippen LogP contribution in [0.25, 0.3) is 0 Å². The van der Waals surface area contributed by atoms with Crippen LogP contribution >= 0.6 is 23.2 Å². The molecular formula is C14H20Cl2N4. The van der Waals surface area contributed by atoms with Gasteiger partial charge in [0.25, 0.3) is 0 Å². The number of aromatic nitrogens is 1. The van der Waals surface area contributed by atoms with Crippen LogP contribution < -0.4 is 10.6 Å². The molecule has 0 spiro atoms. The summed E-state index contributed by atoms with van der Waals surface area (Å²) < 4.78 is 0. The second-order valence-electron chi connectivity index (χ2n) is 5.57. The van der Waals surface area contributed by atoms with Gasteiger partial charge in [0.15, 0.2) is 0 Å². The first kappa shape index (κ1) is 14.2. The molecule has 0 aromatic carbocycles. The van der Waals surface area contributed by atoms with Crippen molar-refractivity contribution < 1.29 is 0 Å². The van der Waals surface area contributed by atoms with E-state index >= 15 is 0 Å². The number of fused-ring (bicyclic) bond motifs is 3. The Morgan fingerprint density at radius 2 is 1.95 bits per heavy atom. The maximum atomic E-state index is 6.27. The van der Waals surface area contributed by atoms with Crippen LogP contribution in [0.3, 0.4) is 0 Å². The zero-order valence-corrected chi connectivity index (χ0v) is 13.1. The van der Waals surface area contributed by atoms with E-state index in [4.69, 9.17) is 23.2 Å². The van der Waals surface area contributed by atoms with Crippen molar-refractivity contribution in [2.45, 2.75) is 25.8 Å². The Morgan fingerprint density at radius 1 is 1.25 bits per heavy atom. The number of piperidine rings is 3. The Morgan fingerprint density at radius 3 is 2.55 bits per heavy atom. The highest BCUT2D eigenvalue weighted by atomic mass is 35.5. The molecule has 4 rings (SSSR count). The lowest BCUT2D eigenvalue weighted by Crippen LogP contribution is -2.53. The van der Waals surface area contributed by atoms with Crippen molar-refractivity contribution in [1.29, 1.82) is 0 Å². The van der Waals surface area contributed by atoms with Gasteiger partial charge in [0.1, 0.15) is 11.6 Å². The molecule has 0 saturated carbocycles. The predicted molar refractivity (Wildman–Crippen MR) is 85.0 cm³/mol. The third kappa shape index (κ3) is 2.83. The minimum absolute atomic E-state index is 0.443. The smallest absolute Gasteiger partial charge is 0.147 e. The predicted octanol–water partition coefficient (Wildman–Crippen LogP) is 3.33. The van der Waals surface area contributed by atoms with E-state index in [0.717, 1.165) is 24.8 Å². The summed E-state index contributed by atoms with van der Waals surface area (Å²) in [6.45, 7) is 6.35. The molecule has 1 aromatic heterocycles. The highest BCUT2D eigenvalue weighted by molar-refractivity contribution is 6.37. The quantitative estimate of drug-likeness (QED) is 0.894. The van der Waals surface area contributed by atoms with Crippen LogP contribution in [0.4, 0.5) is 11.6 Å². The Kier molecular flexibility index (Phi) is 4.24. The normalized spacial score (nSPS) is 28.4. The van der Waals surface area contributed by atoms with Crippen LogP contribution in [-0.4, -0.2) is 42.1 Å². The molecule has 6 heteroatoms. The molecule has 3 aliphatic rings. The fourth-order valence-corrected chi connectivity index (χ4v) is 3.64. The summed E-state index contributed by atoms with van der Waals surface area (Å²) in [4.78, 5) is 7.04. The van der Waals surface area contributed by atoms with Crippen LogP contribution in [0.5, 0.6) is 0 Å². The van der Waals surface area contributed by atoms with Gasteiger partial charge in [-0.15, -0.1) is 0 Å². The van der Waals surface area contributed by atoms with Gasteiger partial charge < -0.3 is 15.5 Å². The van der Waals surface area contributed by atoms with Gasteiger partial charge in [-0.1, -0.05) is 23.2 Å². The van der Waals surface area contributed by atoms with Crippen LogP contribution in [0.15, 0.2) is 6.07 Å². The van der Waals surface area contributed by atoms with E-state index in [1.165, 1.54) is 25.9 Å². The number of nitrogens with one attached hydrogen (secondary N) is 2. The fraction of sp³-hybridized carbons (Fsp3) is 0.643. The number of nitrogens with zero attached hydrogens (tertiary/aromatic N) is 2. The van der Waals surface area contributed by atoms with Crippen LogP contribution in [-0.2, 0) is 0 Å². The highest BCUT2D eigenvalue weighted by Crippen LogP contribution is 2.33. The van der Waals surface area contributed by atoms with Gasteiger partial charge in [-0.3, -0.25) is 0 Å². The number of pyridine rings is 1. The molecule has 0 amide bonds. The molecule has 4 nitrogen and oxygen atoms in total. The minimum Gasteiger partial charge on any atom is -0.369 e. The van der Waals surface area contributed by atoms with Crippen molar-refractivity contribution in [3.8, 4) is 0 Å². The zero-order chi connectivity index (χ0) is 14.1. The van der Waals surface area contributed by atoms with Gasteiger partial charge in [0, 0.05) is 19.1 Å². The number of halogens is 2. The summed E-state index contributed by atoms with van der Waals surface area (Å²) in [5, 5.41) is 7.84. The Labute approximate surface area is 129 Å². The molecule has 3 aliphatic heterocycles. The van der Waals surface area contributed by atoms with Crippen molar-refractivity contribution in [3.05, 3.63) is 16.1 Å². The molecule has 1 aromatic rings. The average molecular weight is 315 g/mol. The molecule has 2 bridgehead atoms. The van der Waals surface area contributed by atoms with Crippen LogP contribution in [0.1, 0.15) is 19.8 Å². The van der Waals surface area contributed by atoms with Gasteiger partial charge >= 0.3 is 0 Å². The molecule has 3 saturated heterocycles. The second kappa shape index (κ2) is 5.96. The second-order valence-corrected chi connectivity index (χ2v) is 6.38. The van der Waals surface area contributed by atoms with Crippen LogP contribution in [0.2, 0.25) is 10.0 Å². The molecular weight excluding hydrogens is 295 g/mol. The molecule has 20 heavy (non-hydrogen) atoms. The van der Waals surface area contributed by atoms with Crippen LogP contribution in [0, 0.1) is 5.92 Å². The first-order valence-electron chi connectivity index (χ1n) is 7.26. The topological polar surface area (TPSA) is 40.2 Å². The summed E-state index contributed by atoms with van der Waals surface area (Å²) in [6, 6.07) is 2.20. The molecule has 1 atom stereocenters. The maximum absolute atomic E-state index is 6.27. The van der Waals surface area contributed by atoms with E-state index in [-0.39, 0.29) is 0 Å². The Bertz CT molecular complexity index is 486. The maximum Gasteiger partial charge on any atom is 0.147 e. The number of rotatable bonds is 4. The summed E-state index contributed by atoms with van der Waals surface area (Å²) in [6.07, 6.45) is 2.53. The lowest BCUT2D eigenvalue weighted by Gasteiger charge is -2.45. The van der Waals surface area contributed by atoms with Gasteiger partial charge in [0.05, 0.1) is 10.0 Å². The number of anilines is 2. The molecule has 4 heterocycles. The molecule has 0 aliphatic carbocycles. The van der Waals surface area contributed by atoms with Gasteiger partial charge in [-0.25, -0.2) is 4.98 Å². The van der Waals surface area contributed by atoms with E-state index in [2.05, 4.69) is 20.5 Å². The highest BCUT2D eigenvalue weighted by Gasteiger charge is 2.34. The van der Waals surface area contributed by atoms with E-state index < -0.39 is 0 Å². The zero-order valence-electron chi connectivity index (χ0n) is 11.6. The fourth-order valence-electron chi connectivity index (χ4n) is 3.16. The molecule has 3 fully saturated rings. The Balaban J connectivity index is 1.78. The van der Waals surface area contributed by atoms with Gasteiger partial charge in [-0.05, 0) is 44.8 Å². The SMILES string of the molecule is CCNc1nc(NC2CN3CCC2CC3)c(Cl)cc1Cl. The van der Waals surface area contributed by atoms with Crippen molar-refractivity contribution in [2.75, 3.05) is 36.8 Å². The first-order valence-corrected chi connectivity index (χ1v) is 8.01. The number of hydrogen-bond donors (Lipinski definition) is 2. The first-order chi connectivity index (χ1) is 9.67. The van der Waals surface area contributed by atoms with E-state index in [1.807, 2.05) is 6.92 Å². The van der Waals surface area contributed by atoms with Gasteiger partial charge in [0.2, 0.25) is 0 Å². The van der Waals surface area contributed by atoms with Crippen molar-refractivity contribution >= 4 is 34.8 Å². The van der Waals surface area contributed by atoms with E-state index in [0.29, 0.717) is 21.9 Å². The van der Waals surface area contributed by atoms with E-state index in [1.54, 1.807) is 6.07 Å². The summed E-state index contributed by atoms with van der Waals surface area (Å²) in [5.74, 6) is 2.17. The van der Waals surface area contributed by atoms with E-state index in [9.17, 15) is 0 Å². The average Bonchev–Trinajstić information content (AvgIpc) is 2.45. The largest absolute Gasteiger partial charge is 0.369 e. The molecule has 1 unspecified atom stereocenters. The summed E-state index contributed by atoms with van der Waals surface area (Å²) in [7, 11) is 0. The summed E-state index contributed by atoms with van der Waals surface area (Å²) >= 11 is 12.4. The van der Waals surface area contributed by atoms with Crippen molar-refractivity contribution in [1.82, 2.24) is 9.88 Å². The van der Waals surface area contributed by atoms with Crippen molar-refractivity contribution in [3.63, 3.8) is 0 Å².